The van der Waals surface area contributed by atoms with Crippen LogP contribution in [0.2, 0.25) is 0 Å². The van der Waals surface area contributed by atoms with Gasteiger partial charge < -0.3 is 36.0 Å². The average Bonchev–Trinajstić information content (AvgIpc) is 2.75. The molecule has 1 aliphatic heterocycles. The fourth-order valence-corrected chi connectivity index (χ4v) is 3.18. The van der Waals surface area contributed by atoms with Crippen LogP contribution < -0.4 is 11.1 Å². The van der Waals surface area contributed by atoms with Gasteiger partial charge in [0.1, 0.15) is 11.9 Å². The van der Waals surface area contributed by atoms with Gasteiger partial charge in [0.25, 0.3) is 0 Å². The van der Waals surface area contributed by atoms with Crippen molar-refractivity contribution < 1.29 is 52.4 Å². The van der Waals surface area contributed by atoms with Gasteiger partial charge in [0.15, 0.2) is 17.7 Å². The van der Waals surface area contributed by atoms with Crippen LogP contribution in [0.25, 0.3) is 0 Å². The number of carbonyl (C=O) groups excluding carboxylic acids is 2. The maximum Gasteiger partial charge on any atom is 0.333 e. The Kier molecular flexibility index (Phi) is 12.0. The van der Waals surface area contributed by atoms with Gasteiger partial charge in [-0.1, -0.05) is 0 Å². The van der Waals surface area contributed by atoms with Gasteiger partial charge in [-0.25, -0.2) is 18.0 Å². The molecule has 14 heteroatoms. The molecule has 1 fully saturated rings. The summed E-state index contributed by atoms with van der Waals surface area (Å²) in [5, 5.41) is 26.8. The highest BCUT2D eigenvalue weighted by Gasteiger charge is 2.34. The van der Waals surface area contributed by atoms with Crippen molar-refractivity contribution >= 4 is 23.8 Å². The highest BCUT2D eigenvalue weighted by atomic mass is 19.2. The molecule has 0 saturated carbocycles. The number of nitrogens with zero attached hydrogens (tertiary/aromatic N) is 1. The van der Waals surface area contributed by atoms with Crippen molar-refractivity contribution in [1.29, 1.82) is 0 Å². The van der Waals surface area contributed by atoms with Crippen LogP contribution in [0.5, 0.6) is 0 Å². The van der Waals surface area contributed by atoms with Gasteiger partial charge in [0.2, 0.25) is 11.8 Å². The summed E-state index contributed by atoms with van der Waals surface area (Å²) in [5.41, 5.74) is 5.34. The Morgan fingerprint density at radius 1 is 1.14 bits per heavy atom. The van der Waals surface area contributed by atoms with E-state index in [1.807, 2.05) is 20.8 Å². The number of ether oxygens (including phenoxy) is 1. The molecule has 0 aromatic heterocycles. The number of aliphatic carboxylic acids is 2. The molecular weight excluding hydrogens is 503 g/mol. The summed E-state index contributed by atoms with van der Waals surface area (Å²) in [5.74, 6) is -6.93. The van der Waals surface area contributed by atoms with Crippen molar-refractivity contribution in [2.24, 2.45) is 5.73 Å². The molecule has 1 heterocycles. The predicted molar refractivity (Wildman–Crippen MR) is 123 cm³/mol. The lowest BCUT2D eigenvalue weighted by Gasteiger charge is -2.36. The zero-order valence-corrected chi connectivity index (χ0v) is 20.7. The van der Waals surface area contributed by atoms with E-state index in [0.29, 0.717) is 19.2 Å². The second kappa shape index (κ2) is 13.9. The molecule has 0 aliphatic carbocycles. The summed E-state index contributed by atoms with van der Waals surface area (Å²) in [6.07, 6.45) is -2.85. The highest BCUT2D eigenvalue weighted by Crippen LogP contribution is 2.17. The largest absolute Gasteiger partial charge is 0.481 e. The standard InChI is InChI=1S/C19H26F3N3O3.C4H6O5/c1-19(2,3)28-10-16-18(27)24-4-5-25(16)17(26)8-12(23)6-11-7-14(21)15(22)9-13(11)20;5-2(4(8)9)1-3(6)7/h7,9,12,16H,4-6,8,10,23H2,1-3H3,(H,24,27);2,5H,1H2,(H,6,7)(H,8,9)/t12-,16?;2-/m11/s1. The summed E-state index contributed by atoms with van der Waals surface area (Å²) < 4.78 is 45.8. The molecule has 1 aromatic rings. The minimum absolute atomic E-state index is 0.0358. The normalized spacial score (nSPS) is 17.2. The molecule has 0 radical (unpaired) electrons. The second-order valence-corrected chi connectivity index (χ2v) is 9.30. The first-order chi connectivity index (χ1) is 17.0. The molecule has 6 N–H and O–H groups in total. The van der Waals surface area contributed by atoms with Gasteiger partial charge in [0.05, 0.1) is 18.6 Å². The van der Waals surface area contributed by atoms with E-state index in [1.54, 1.807) is 0 Å². The van der Waals surface area contributed by atoms with Crippen LogP contribution in [0.1, 0.15) is 39.2 Å². The Morgan fingerprint density at radius 3 is 2.24 bits per heavy atom. The van der Waals surface area contributed by atoms with Crippen LogP contribution in [0.15, 0.2) is 12.1 Å². The third-order valence-corrected chi connectivity index (χ3v) is 4.99. The number of hydrogen-bond acceptors (Lipinski definition) is 7. The summed E-state index contributed by atoms with van der Waals surface area (Å²) in [6, 6.07) is -0.411. The van der Waals surface area contributed by atoms with Gasteiger partial charge in [-0.15, -0.1) is 0 Å². The lowest BCUT2D eigenvalue weighted by Crippen LogP contribution is -2.60. The Hall–Kier alpha value is -3.23. The van der Waals surface area contributed by atoms with Crippen molar-refractivity contribution in [3.63, 3.8) is 0 Å². The zero-order valence-electron chi connectivity index (χ0n) is 20.7. The minimum Gasteiger partial charge on any atom is -0.481 e. The van der Waals surface area contributed by atoms with E-state index in [0.717, 1.165) is 6.07 Å². The summed E-state index contributed by atoms with van der Waals surface area (Å²) in [7, 11) is 0. The number of rotatable bonds is 9. The van der Waals surface area contributed by atoms with E-state index in [-0.39, 0.29) is 36.8 Å². The topological polar surface area (TPSA) is 179 Å². The number of hydrogen-bond donors (Lipinski definition) is 5. The fraction of sp³-hybridized carbons (Fsp3) is 0.565. The molecule has 2 rings (SSSR count). The first-order valence-corrected chi connectivity index (χ1v) is 11.2. The molecule has 1 aliphatic rings. The number of nitrogens with one attached hydrogen (secondary N) is 1. The van der Waals surface area contributed by atoms with E-state index in [9.17, 15) is 32.3 Å². The smallest absolute Gasteiger partial charge is 0.333 e. The number of aliphatic hydroxyl groups is 1. The maximum absolute atomic E-state index is 13.8. The van der Waals surface area contributed by atoms with Crippen LogP contribution in [0, 0.1) is 17.5 Å². The van der Waals surface area contributed by atoms with Crippen molar-refractivity contribution in [3.8, 4) is 0 Å². The zero-order chi connectivity index (χ0) is 28.5. The number of halogens is 3. The number of benzene rings is 1. The van der Waals surface area contributed by atoms with Gasteiger partial charge in [-0.2, -0.15) is 0 Å². The molecule has 2 amide bonds. The van der Waals surface area contributed by atoms with Crippen molar-refractivity contribution in [1.82, 2.24) is 10.2 Å². The molecule has 11 nitrogen and oxygen atoms in total. The number of nitrogens with two attached hydrogens (primary N) is 1. The fourth-order valence-electron chi connectivity index (χ4n) is 3.18. The quantitative estimate of drug-likeness (QED) is 0.280. The average molecular weight is 536 g/mol. The third-order valence-electron chi connectivity index (χ3n) is 4.99. The second-order valence-electron chi connectivity index (χ2n) is 9.30. The predicted octanol–water partition coefficient (Wildman–Crippen LogP) is 0.413. The highest BCUT2D eigenvalue weighted by molar-refractivity contribution is 5.89. The number of amides is 2. The number of carboxylic acid groups (broad SMARTS) is 2. The molecular formula is C23H32F3N3O8. The number of piperazine rings is 1. The van der Waals surface area contributed by atoms with Crippen LogP contribution >= 0.6 is 0 Å². The minimum atomic E-state index is -1.79. The van der Waals surface area contributed by atoms with Crippen molar-refractivity contribution in [2.45, 2.75) is 63.8 Å². The van der Waals surface area contributed by atoms with Crippen molar-refractivity contribution in [2.75, 3.05) is 19.7 Å². The monoisotopic (exact) mass is 535 g/mol. The van der Waals surface area contributed by atoms with Crippen LogP contribution in [-0.2, 0) is 30.3 Å². The third kappa shape index (κ3) is 11.1. The molecule has 1 unspecified atom stereocenters. The SMILES string of the molecule is CC(C)(C)OCC1C(=O)NCCN1C(=O)C[C@H](N)Cc1cc(F)c(F)cc1F.O=C(O)C[C@@H](O)C(=O)O. The molecule has 3 atom stereocenters. The Bertz CT molecular complexity index is 987. The summed E-state index contributed by atoms with van der Waals surface area (Å²) in [6.45, 7) is 6.16. The van der Waals surface area contributed by atoms with E-state index in [4.69, 9.17) is 25.8 Å². The lowest BCUT2D eigenvalue weighted by molar-refractivity contribution is -0.152. The van der Waals surface area contributed by atoms with Crippen LogP contribution in [0.4, 0.5) is 13.2 Å². The first kappa shape index (κ1) is 31.8. The molecule has 1 aromatic carbocycles. The first-order valence-electron chi connectivity index (χ1n) is 11.2. The van der Waals surface area contributed by atoms with Crippen molar-refractivity contribution in [3.05, 3.63) is 35.1 Å². The molecule has 0 bridgehead atoms. The molecule has 208 valence electrons. The number of carboxylic acids is 2. The summed E-state index contributed by atoms with van der Waals surface area (Å²) >= 11 is 0. The summed E-state index contributed by atoms with van der Waals surface area (Å²) in [4.78, 5) is 45.6. The molecule has 1 saturated heterocycles. The van der Waals surface area contributed by atoms with E-state index in [2.05, 4.69) is 5.32 Å². The van der Waals surface area contributed by atoms with Crippen LogP contribution in [0.3, 0.4) is 0 Å². The maximum atomic E-state index is 13.8. The van der Waals surface area contributed by atoms with E-state index >= 15 is 0 Å². The van der Waals surface area contributed by atoms with E-state index in [1.165, 1.54) is 4.90 Å². The Morgan fingerprint density at radius 2 is 1.73 bits per heavy atom. The van der Waals surface area contributed by atoms with Gasteiger partial charge in [0, 0.05) is 31.6 Å². The van der Waals surface area contributed by atoms with Gasteiger partial charge in [-0.05, 0) is 38.8 Å². The lowest BCUT2D eigenvalue weighted by atomic mass is 10.0. The van der Waals surface area contributed by atoms with Gasteiger partial charge >= 0.3 is 11.9 Å². The molecule has 0 spiro atoms. The Labute approximate surface area is 211 Å². The van der Waals surface area contributed by atoms with E-state index < -0.39 is 59.6 Å². The number of carbonyl (C=O) groups is 4. The van der Waals surface area contributed by atoms with Crippen LogP contribution in [-0.4, -0.2) is 87.5 Å². The van der Waals surface area contributed by atoms with Gasteiger partial charge in [-0.3, -0.25) is 14.4 Å². The number of aliphatic hydroxyl groups excluding tert-OH is 1. The Balaban J connectivity index is 0.000000649. The molecule has 37 heavy (non-hydrogen) atoms.